The monoisotopic (exact) mass is 548 g/mol. The van der Waals surface area contributed by atoms with Gasteiger partial charge in [0.25, 0.3) is 10.1 Å². The summed E-state index contributed by atoms with van der Waals surface area (Å²) in [5.74, 6) is 2.01. The van der Waals surface area contributed by atoms with Crippen molar-refractivity contribution in [2.24, 2.45) is 0 Å². The number of anilines is 2. The Hall–Kier alpha value is -3.58. The van der Waals surface area contributed by atoms with E-state index in [2.05, 4.69) is 0 Å². The number of rotatable bonds is 10. The van der Waals surface area contributed by atoms with E-state index in [4.69, 9.17) is 30.4 Å². The van der Waals surface area contributed by atoms with Gasteiger partial charge in [0.05, 0.1) is 39.7 Å². The third kappa shape index (κ3) is 6.23. The lowest BCUT2D eigenvalue weighted by Crippen LogP contribution is -2.07. The lowest BCUT2D eigenvalue weighted by molar-refractivity contribution is 0.374. The van der Waals surface area contributed by atoms with Crippen LogP contribution in [0.4, 0.5) is 11.4 Å². The molecule has 3 aromatic carbocycles. The highest BCUT2D eigenvalue weighted by molar-refractivity contribution is 7.93. The first-order chi connectivity index (χ1) is 17.5. The van der Waals surface area contributed by atoms with Crippen LogP contribution in [0.15, 0.2) is 52.8 Å². The molecule has 0 aliphatic rings. The van der Waals surface area contributed by atoms with Crippen LogP contribution in [0.2, 0.25) is 0 Å². The predicted octanol–water partition coefficient (Wildman–Crippen LogP) is 3.72. The minimum Gasteiger partial charge on any atom is -0.612 e. The Bertz CT molecular complexity index is 1400. The molecule has 3 rings (SSSR count). The van der Waals surface area contributed by atoms with Crippen LogP contribution in [0, 0.1) is 0 Å². The summed E-state index contributed by atoms with van der Waals surface area (Å²) >= 11 is -1.46. The van der Waals surface area contributed by atoms with Crippen LogP contribution >= 0.6 is 0 Å². The fraction of sp³-hybridized carbons (Fsp3) is 0.200. The summed E-state index contributed by atoms with van der Waals surface area (Å²) in [6, 6.07) is 10.9. The molecule has 198 valence electrons. The van der Waals surface area contributed by atoms with Crippen molar-refractivity contribution < 1.29 is 36.5 Å². The molecule has 0 spiro atoms. The van der Waals surface area contributed by atoms with Crippen molar-refractivity contribution in [2.75, 3.05) is 39.9 Å². The maximum atomic E-state index is 13.0. The molecule has 0 aliphatic carbocycles. The third-order valence-corrected chi connectivity index (χ3v) is 7.47. The zero-order valence-corrected chi connectivity index (χ0v) is 22.3. The van der Waals surface area contributed by atoms with Gasteiger partial charge in [-0.25, -0.2) is 0 Å². The third-order valence-electron chi connectivity index (χ3n) is 5.50. The lowest BCUT2D eigenvalue weighted by atomic mass is 9.99. The summed E-state index contributed by atoms with van der Waals surface area (Å²) < 4.78 is 67.5. The lowest BCUT2D eigenvalue weighted by Gasteiger charge is -2.17. The number of methoxy groups -OCH3 is 4. The molecule has 0 radical (unpaired) electrons. The molecule has 0 fully saturated rings. The first kappa shape index (κ1) is 28.0. The van der Waals surface area contributed by atoms with Crippen LogP contribution in [0.1, 0.15) is 11.1 Å². The van der Waals surface area contributed by atoms with Gasteiger partial charge in [0.15, 0.2) is 0 Å². The second-order valence-electron chi connectivity index (χ2n) is 7.72. The second-order valence-corrected chi connectivity index (χ2v) is 10.4. The van der Waals surface area contributed by atoms with E-state index in [9.17, 15) is 17.5 Å². The van der Waals surface area contributed by atoms with Crippen molar-refractivity contribution in [3.05, 3.63) is 59.0 Å². The molecule has 0 saturated heterocycles. The van der Waals surface area contributed by atoms with Gasteiger partial charge in [0.1, 0.15) is 39.1 Å². The largest absolute Gasteiger partial charge is 0.612 e. The average Bonchev–Trinajstić information content (AvgIpc) is 2.86. The summed E-state index contributed by atoms with van der Waals surface area (Å²) in [6.45, 7) is 0. The Kier molecular flexibility index (Phi) is 8.81. The van der Waals surface area contributed by atoms with Gasteiger partial charge in [-0.15, -0.1) is 0 Å². The first-order valence-electron chi connectivity index (χ1n) is 10.7. The van der Waals surface area contributed by atoms with Gasteiger partial charge in [0, 0.05) is 40.6 Å². The van der Waals surface area contributed by atoms with Crippen LogP contribution in [-0.2, 0) is 27.0 Å². The standard InChI is InChI=1S/C25H28N2O8S2/c1-32-16-12-21(34-3)17(22(13-16)35-4)9-10-36(28)14-15-5-7-20(33-2)18(11-15)24-19(26)6-8-23(25(24)27)37(29,30)31/h5-13H,14,26-27H2,1-4H3,(H,29,30,31). The van der Waals surface area contributed by atoms with E-state index in [1.54, 1.807) is 36.4 Å². The Morgan fingerprint density at radius 3 is 2.08 bits per heavy atom. The van der Waals surface area contributed by atoms with Crippen molar-refractivity contribution in [1.82, 2.24) is 0 Å². The van der Waals surface area contributed by atoms with Gasteiger partial charge >= 0.3 is 0 Å². The van der Waals surface area contributed by atoms with E-state index in [-0.39, 0.29) is 22.7 Å². The van der Waals surface area contributed by atoms with Gasteiger partial charge in [-0.3, -0.25) is 4.55 Å². The molecule has 0 bridgehead atoms. The Balaban J connectivity index is 1.97. The number of hydrogen-bond donors (Lipinski definition) is 3. The van der Waals surface area contributed by atoms with E-state index in [1.165, 1.54) is 39.9 Å². The number of benzene rings is 3. The molecule has 12 heteroatoms. The second kappa shape index (κ2) is 11.6. The molecule has 0 saturated carbocycles. The minimum absolute atomic E-state index is 0.117. The Morgan fingerprint density at radius 1 is 0.919 bits per heavy atom. The van der Waals surface area contributed by atoms with Crippen molar-refractivity contribution >= 4 is 38.7 Å². The van der Waals surface area contributed by atoms with Crippen molar-refractivity contribution in [3.8, 4) is 34.1 Å². The summed E-state index contributed by atoms with van der Waals surface area (Å²) in [4.78, 5) is -0.474. The Labute approximate surface area is 218 Å². The average molecular weight is 549 g/mol. The molecule has 10 nitrogen and oxygen atoms in total. The topological polar surface area (TPSA) is 166 Å². The van der Waals surface area contributed by atoms with Gasteiger partial charge in [-0.2, -0.15) is 8.42 Å². The predicted molar refractivity (Wildman–Crippen MR) is 144 cm³/mol. The molecule has 37 heavy (non-hydrogen) atoms. The molecule has 0 heterocycles. The fourth-order valence-corrected chi connectivity index (χ4v) is 5.25. The molecule has 0 amide bonds. The summed E-state index contributed by atoms with van der Waals surface area (Å²) in [5.41, 5.74) is 14.0. The fourth-order valence-electron chi connectivity index (χ4n) is 3.74. The molecule has 0 aliphatic heterocycles. The molecule has 3 aromatic rings. The normalized spacial score (nSPS) is 12.4. The van der Waals surface area contributed by atoms with Crippen molar-refractivity contribution in [1.29, 1.82) is 0 Å². The van der Waals surface area contributed by atoms with Gasteiger partial charge in [-0.05, 0) is 35.4 Å². The number of hydrogen-bond acceptors (Lipinski definition) is 9. The van der Waals surface area contributed by atoms with E-state index >= 15 is 0 Å². The number of nitrogen functional groups attached to an aromatic ring is 2. The SMILES string of the molecule is COc1cc(OC)c(C=C[S+]([O-])Cc2ccc(OC)c(-c3c(N)ccc(S(=O)(=O)O)c3N)c2)c(OC)c1. The van der Waals surface area contributed by atoms with Crippen LogP contribution in [-0.4, -0.2) is 46.0 Å². The molecular formula is C25H28N2O8S2. The highest BCUT2D eigenvalue weighted by Gasteiger charge is 2.22. The molecule has 1 unspecified atom stereocenters. The van der Waals surface area contributed by atoms with E-state index in [1.807, 2.05) is 0 Å². The zero-order valence-electron chi connectivity index (χ0n) is 20.7. The Morgan fingerprint density at radius 2 is 1.54 bits per heavy atom. The number of nitrogens with two attached hydrogens (primary N) is 2. The van der Waals surface area contributed by atoms with Crippen LogP contribution in [0.5, 0.6) is 23.0 Å². The summed E-state index contributed by atoms with van der Waals surface area (Å²) in [5, 5.41) is 1.51. The van der Waals surface area contributed by atoms with Crippen LogP contribution in [0.3, 0.4) is 0 Å². The van der Waals surface area contributed by atoms with Gasteiger partial charge in [-0.1, -0.05) is 6.07 Å². The maximum Gasteiger partial charge on any atom is 0.296 e. The molecular weight excluding hydrogens is 520 g/mol. The molecule has 5 N–H and O–H groups in total. The van der Waals surface area contributed by atoms with Crippen LogP contribution < -0.4 is 30.4 Å². The zero-order chi connectivity index (χ0) is 27.3. The van der Waals surface area contributed by atoms with Crippen molar-refractivity contribution in [2.45, 2.75) is 10.6 Å². The van der Waals surface area contributed by atoms with Crippen molar-refractivity contribution in [3.63, 3.8) is 0 Å². The van der Waals surface area contributed by atoms with Crippen LogP contribution in [0.25, 0.3) is 17.2 Å². The minimum atomic E-state index is -4.59. The highest BCUT2D eigenvalue weighted by Crippen LogP contribution is 2.41. The van der Waals surface area contributed by atoms with E-state index in [0.717, 1.165) is 6.07 Å². The van der Waals surface area contributed by atoms with Gasteiger partial charge in [0.2, 0.25) is 0 Å². The van der Waals surface area contributed by atoms with Gasteiger partial charge < -0.3 is 35.0 Å². The summed E-state index contributed by atoms with van der Waals surface area (Å²) in [6.07, 6.45) is 1.64. The highest BCUT2D eigenvalue weighted by atomic mass is 32.2. The maximum absolute atomic E-state index is 13.0. The first-order valence-corrected chi connectivity index (χ1v) is 13.5. The number of ether oxygens (including phenoxy) is 4. The molecule has 0 aromatic heterocycles. The summed E-state index contributed by atoms with van der Waals surface area (Å²) in [7, 11) is 1.40. The quantitative estimate of drug-likeness (QED) is 0.193. The van der Waals surface area contributed by atoms with E-state index in [0.29, 0.717) is 39.7 Å². The smallest absolute Gasteiger partial charge is 0.296 e. The van der Waals surface area contributed by atoms with E-state index < -0.39 is 26.2 Å². The molecule has 1 atom stereocenters.